The van der Waals surface area contributed by atoms with Gasteiger partial charge in [-0.2, -0.15) is 0 Å². The lowest BCUT2D eigenvalue weighted by atomic mass is 9.40. The van der Waals surface area contributed by atoms with Gasteiger partial charge in [0.2, 0.25) is 0 Å². The van der Waals surface area contributed by atoms with Gasteiger partial charge in [-0.05, 0) is 61.3 Å². The molecule has 2 bridgehead atoms. The van der Waals surface area contributed by atoms with Gasteiger partial charge in [0.1, 0.15) is 0 Å². The minimum Gasteiger partial charge on any atom is -0.478 e. The SMILES string of the molecule is CN=C(N)N1C=CC2CCC3C(O)C(C(=O)O)=C4CC5CCC(C)C43C25C1. The lowest BCUT2D eigenvalue weighted by molar-refractivity contribution is -0.157. The number of nitrogens with zero attached hydrogens (tertiary/aromatic N) is 2. The molecule has 0 amide bonds. The molecule has 7 atom stereocenters. The van der Waals surface area contributed by atoms with Gasteiger partial charge in [-0.1, -0.05) is 13.0 Å². The Kier molecular flexibility index (Phi) is 3.44. The van der Waals surface area contributed by atoms with Crippen LogP contribution in [0.15, 0.2) is 28.4 Å². The summed E-state index contributed by atoms with van der Waals surface area (Å²) in [6.45, 7) is 3.07. The highest BCUT2D eigenvalue weighted by Crippen LogP contribution is 2.80. The summed E-state index contributed by atoms with van der Waals surface area (Å²) in [5.74, 6) is 0.848. The van der Waals surface area contributed by atoms with E-state index in [0.717, 1.165) is 44.2 Å². The molecule has 27 heavy (non-hydrogen) atoms. The van der Waals surface area contributed by atoms with Crippen molar-refractivity contribution in [2.45, 2.75) is 45.1 Å². The van der Waals surface area contributed by atoms with Crippen LogP contribution in [0.5, 0.6) is 0 Å². The zero-order valence-electron chi connectivity index (χ0n) is 16.1. The number of guanidine groups is 1. The second-order valence-electron chi connectivity index (χ2n) is 9.27. The van der Waals surface area contributed by atoms with Crippen LogP contribution in [0.3, 0.4) is 0 Å². The predicted molar refractivity (Wildman–Crippen MR) is 102 cm³/mol. The number of rotatable bonds is 1. The molecule has 7 unspecified atom stereocenters. The lowest BCUT2D eigenvalue weighted by Crippen LogP contribution is -2.65. The third-order valence-electron chi connectivity index (χ3n) is 8.90. The number of nitrogens with two attached hydrogens (primary N) is 1. The molecular weight excluding hydrogens is 342 g/mol. The fourth-order valence-electron chi connectivity index (χ4n) is 8.25. The number of hydrogen-bond acceptors (Lipinski definition) is 3. The Bertz CT molecular complexity index is 802. The third kappa shape index (κ3) is 1.72. The fourth-order valence-corrected chi connectivity index (χ4v) is 8.25. The van der Waals surface area contributed by atoms with Gasteiger partial charge in [0, 0.05) is 30.6 Å². The van der Waals surface area contributed by atoms with Crippen LogP contribution in [0.2, 0.25) is 0 Å². The lowest BCUT2D eigenvalue weighted by Gasteiger charge is -2.65. The quantitative estimate of drug-likeness (QED) is 0.483. The molecule has 2 spiro atoms. The Morgan fingerprint density at radius 1 is 1.33 bits per heavy atom. The summed E-state index contributed by atoms with van der Waals surface area (Å²) in [5, 5.41) is 21.0. The van der Waals surface area contributed by atoms with E-state index in [4.69, 9.17) is 5.73 Å². The van der Waals surface area contributed by atoms with E-state index in [1.165, 1.54) is 0 Å². The van der Waals surface area contributed by atoms with E-state index >= 15 is 0 Å². The molecule has 146 valence electrons. The number of hydrogen-bond donors (Lipinski definition) is 3. The van der Waals surface area contributed by atoms with Gasteiger partial charge in [-0.3, -0.25) is 4.99 Å². The Hall–Kier alpha value is -1.82. The van der Waals surface area contributed by atoms with Gasteiger partial charge < -0.3 is 20.8 Å². The molecule has 0 saturated heterocycles. The number of carboxylic acid groups (broad SMARTS) is 1. The molecule has 0 aromatic heterocycles. The van der Waals surface area contributed by atoms with E-state index in [9.17, 15) is 15.0 Å². The van der Waals surface area contributed by atoms with Crippen LogP contribution in [0, 0.1) is 34.5 Å². The average Bonchev–Trinajstić information content (AvgIpc) is 3.02. The Balaban J connectivity index is 1.77. The van der Waals surface area contributed by atoms with Crippen molar-refractivity contribution in [2.24, 2.45) is 45.2 Å². The van der Waals surface area contributed by atoms with E-state index in [2.05, 4.69) is 29.1 Å². The summed E-state index contributed by atoms with van der Waals surface area (Å²) in [6.07, 6.45) is 8.49. The highest BCUT2D eigenvalue weighted by atomic mass is 16.4. The first-order chi connectivity index (χ1) is 12.9. The maximum absolute atomic E-state index is 12.1. The molecule has 1 heterocycles. The van der Waals surface area contributed by atoms with Crippen molar-refractivity contribution >= 4 is 11.9 Å². The highest BCUT2D eigenvalue weighted by Gasteiger charge is 2.77. The third-order valence-corrected chi connectivity index (χ3v) is 8.90. The Labute approximate surface area is 159 Å². The second-order valence-corrected chi connectivity index (χ2v) is 9.27. The van der Waals surface area contributed by atoms with Gasteiger partial charge >= 0.3 is 5.97 Å². The maximum Gasteiger partial charge on any atom is 0.334 e. The molecule has 4 N–H and O–H groups in total. The molecular formula is C21H29N3O3. The van der Waals surface area contributed by atoms with Gasteiger partial charge in [0.05, 0.1) is 11.7 Å². The molecule has 5 rings (SSSR count). The van der Waals surface area contributed by atoms with Crippen LogP contribution in [0.4, 0.5) is 0 Å². The summed E-state index contributed by atoms with van der Waals surface area (Å²) in [5.41, 5.74) is 7.30. The first-order valence-corrected chi connectivity index (χ1v) is 10.2. The molecule has 0 radical (unpaired) electrons. The van der Waals surface area contributed by atoms with Gasteiger partial charge in [-0.25, -0.2) is 4.79 Å². The minimum absolute atomic E-state index is 0.0169. The summed E-state index contributed by atoms with van der Waals surface area (Å²) in [6, 6.07) is 0. The topological polar surface area (TPSA) is 99.1 Å². The van der Waals surface area contributed by atoms with E-state index in [-0.39, 0.29) is 16.7 Å². The maximum atomic E-state index is 12.1. The van der Waals surface area contributed by atoms with Crippen molar-refractivity contribution in [3.8, 4) is 0 Å². The fraction of sp³-hybridized carbons (Fsp3) is 0.714. The smallest absolute Gasteiger partial charge is 0.334 e. The molecule has 5 aliphatic rings. The number of allylic oxidation sites excluding steroid dienone is 2. The number of aliphatic imine (C=N–C) groups is 1. The van der Waals surface area contributed by atoms with Crippen molar-refractivity contribution in [3.05, 3.63) is 23.4 Å². The number of aliphatic hydroxyl groups excluding tert-OH is 1. The Morgan fingerprint density at radius 2 is 2.11 bits per heavy atom. The normalized spacial score (nSPS) is 47.9. The zero-order valence-corrected chi connectivity index (χ0v) is 16.1. The number of carbonyl (C=O) groups is 1. The van der Waals surface area contributed by atoms with Crippen molar-refractivity contribution in [2.75, 3.05) is 13.6 Å². The minimum atomic E-state index is -0.925. The van der Waals surface area contributed by atoms with Crippen LogP contribution >= 0.6 is 0 Å². The van der Waals surface area contributed by atoms with Crippen LogP contribution < -0.4 is 5.73 Å². The summed E-state index contributed by atoms with van der Waals surface area (Å²) in [4.78, 5) is 18.4. The molecule has 4 aliphatic carbocycles. The van der Waals surface area contributed by atoms with Crippen LogP contribution in [0.1, 0.15) is 39.0 Å². The molecule has 1 aliphatic heterocycles. The molecule has 3 fully saturated rings. The standard InChI is InChI=1S/C21H29N3O3/c1-11-3-4-13-9-15-16(18(26)27)17(25)14-6-5-12-7-8-24(19(22)23-2)10-20(12,13)21(11,14)15/h7-8,11-14,17,25H,3-6,9-10H2,1-2H3,(H2,22,23)(H,26,27). The summed E-state index contributed by atoms with van der Waals surface area (Å²) in [7, 11) is 1.71. The van der Waals surface area contributed by atoms with E-state index in [1.54, 1.807) is 7.05 Å². The van der Waals surface area contributed by atoms with E-state index in [1.807, 2.05) is 0 Å². The average molecular weight is 371 g/mol. The van der Waals surface area contributed by atoms with Crippen LogP contribution in [0.25, 0.3) is 0 Å². The largest absolute Gasteiger partial charge is 0.478 e. The predicted octanol–water partition coefficient (Wildman–Crippen LogP) is 1.96. The van der Waals surface area contributed by atoms with Gasteiger partial charge in [-0.15, -0.1) is 0 Å². The van der Waals surface area contributed by atoms with E-state index in [0.29, 0.717) is 29.3 Å². The number of aliphatic hydroxyl groups is 1. The van der Waals surface area contributed by atoms with Crippen molar-refractivity contribution in [1.29, 1.82) is 0 Å². The first kappa shape index (κ1) is 17.3. The van der Waals surface area contributed by atoms with Crippen LogP contribution in [-0.4, -0.2) is 46.7 Å². The zero-order chi connectivity index (χ0) is 19.1. The van der Waals surface area contributed by atoms with Crippen molar-refractivity contribution in [1.82, 2.24) is 4.90 Å². The molecule has 0 aromatic carbocycles. The molecule has 6 nitrogen and oxygen atoms in total. The number of carboxylic acids is 1. The first-order valence-electron chi connectivity index (χ1n) is 10.2. The number of aliphatic carboxylic acids is 1. The van der Waals surface area contributed by atoms with Gasteiger partial charge in [0.15, 0.2) is 5.96 Å². The van der Waals surface area contributed by atoms with Crippen molar-refractivity contribution in [3.63, 3.8) is 0 Å². The highest BCUT2D eigenvalue weighted by molar-refractivity contribution is 5.91. The molecule has 3 saturated carbocycles. The van der Waals surface area contributed by atoms with Crippen LogP contribution in [-0.2, 0) is 4.79 Å². The van der Waals surface area contributed by atoms with Gasteiger partial charge in [0.25, 0.3) is 0 Å². The second kappa shape index (κ2) is 5.37. The summed E-state index contributed by atoms with van der Waals surface area (Å²) < 4.78 is 0. The van der Waals surface area contributed by atoms with Crippen molar-refractivity contribution < 1.29 is 15.0 Å². The monoisotopic (exact) mass is 371 g/mol. The van der Waals surface area contributed by atoms with E-state index < -0.39 is 12.1 Å². The Morgan fingerprint density at radius 3 is 2.81 bits per heavy atom. The molecule has 6 heteroatoms. The molecule has 0 aromatic rings. The summed E-state index contributed by atoms with van der Waals surface area (Å²) >= 11 is 0.